The van der Waals surface area contributed by atoms with Gasteiger partial charge in [-0.25, -0.2) is 15.0 Å². The number of methoxy groups -OCH3 is 1. The molecule has 1 atom stereocenters. The summed E-state index contributed by atoms with van der Waals surface area (Å²) in [6.45, 7) is 6.60. The van der Waals surface area contributed by atoms with E-state index in [4.69, 9.17) is 14.5 Å². The van der Waals surface area contributed by atoms with Crippen LogP contribution in [0.2, 0.25) is 0 Å². The Balaban J connectivity index is 1.41. The molecule has 3 aromatic heterocycles. The van der Waals surface area contributed by atoms with Gasteiger partial charge in [-0.2, -0.15) is 5.10 Å². The summed E-state index contributed by atoms with van der Waals surface area (Å²) < 4.78 is 13.1. The Kier molecular flexibility index (Phi) is 5.79. The molecule has 0 spiro atoms. The van der Waals surface area contributed by atoms with E-state index in [0.29, 0.717) is 11.7 Å². The summed E-state index contributed by atoms with van der Waals surface area (Å²) in [7, 11) is 3.59. The summed E-state index contributed by atoms with van der Waals surface area (Å²) in [5.74, 6) is 1.91. The molecule has 176 valence electrons. The van der Waals surface area contributed by atoms with Gasteiger partial charge in [0.15, 0.2) is 5.82 Å². The fourth-order valence-electron chi connectivity index (χ4n) is 4.16. The number of hydrogen-bond acceptors (Lipinski definition) is 8. The molecule has 4 heterocycles. The molecule has 0 bridgehead atoms. The quantitative estimate of drug-likeness (QED) is 0.421. The van der Waals surface area contributed by atoms with E-state index in [1.165, 1.54) is 0 Å². The number of hydrogen-bond donors (Lipinski definition) is 2. The van der Waals surface area contributed by atoms with E-state index in [9.17, 15) is 0 Å². The van der Waals surface area contributed by atoms with Gasteiger partial charge in [0.2, 0.25) is 5.95 Å². The molecule has 1 aliphatic rings. The molecule has 5 rings (SSSR count). The van der Waals surface area contributed by atoms with E-state index >= 15 is 0 Å². The molecular formula is C25H29N7O2. The van der Waals surface area contributed by atoms with Crippen LogP contribution in [0, 0.1) is 12.3 Å². The predicted molar refractivity (Wildman–Crippen MR) is 133 cm³/mol. The van der Waals surface area contributed by atoms with E-state index in [0.717, 1.165) is 65.4 Å². The van der Waals surface area contributed by atoms with E-state index in [1.54, 1.807) is 19.5 Å². The molecule has 1 fully saturated rings. The lowest BCUT2D eigenvalue weighted by atomic mass is 9.90. The summed E-state index contributed by atoms with van der Waals surface area (Å²) >= 11 is 0. The molecule has 0 aliphatic carbocycles. The number of aryl methyl sites for hydroxylation is 1. The Bertz CT molecular complexity index is 1330. The van der Waals surface area contributed by atoms with Crippen LogP contribution in [0.3, 0.4) is 0 Å². The van der Waals surface area contributed by atoms with Crippen molar-refractivity contribution < 1.29 is 9.47 Å². The van der Waals surface area contributed by atoms with Crippen LogP contribution in [-0.2, 0) is 11.8 Å². The van der Waals surface area contributed by atoms with Crippen molar-refractivity contribution in [2.45, 2.75) is 20.3 Å². The van der Waals surface area contributed by atoms with Crippen LogP contribution in [0.15, 0.2) is 42.9 Å². The number of nitrogens with one attached hydrogen (secondary N) is 2. The second kappa shape index (κ2) is 8.90. The number of benzene rings is 1. The molecule has 9 nitrogen and oxygen atoms in total. The second-order valence-electron chi connectivity index (χ2n) is 9.07. The number of fused-ring (bicyclic) bond motifs is 1. The molecule has 9 heteroatoms. The molecule has 1 aliphatic heterocycles. The Morgan fingerprint density at radius 1 is 1.21 bits per heavy atom. The predicted octanol–water partition coefficient (Wildman–Crippen LogP) is 4.32. The van der Waals surface area contributed by atoms with Gasteiger partial charge in [0, 0.05) is 54.7 Å². The van der Waals surface area contributed by atoms with Crippen LogP contribution in [0.4, 0.5) is 17.5 Å². The normalized spacial score (nSPS) is 17.8. The van der Waals surface area contributed by atoms with Crippen molar-refractivity contribution in [2.75, 3.05) is 37.5 Å². The molecule has 34 heavy (non-hydrogen) atoms. The van der Waals surface area contributed by atoms with E-state index in [-0.39, 0.29) is 5.41 Å². The van der Waals surface area contributed by atoms with Crippen LogP contribution in [0.1, 0.15) is 19.0 Å². The highest BCUT2D eigenvalue weighted by atomic mass is 16.5. The molecule has 0 saturated carbocycles. The Hall–Kier alpha value is -3.72. The fourth-order valence-corrected chi connectivity index (χ4v) is 4.16. The van der Waals surface area contributed by atoms with Crippen LogP contribution in [-0.4, -0.2) is 51.6 Å². The first kappa shape index (κ1) is 22.1. The van der Waals surface area contributed by atoms with Crippen molar-refractivity contribution in [1.29, 1.82) is 0 Å². The van der Waals surface area contributed by atoms with Gasteiger partial charge in [-0.15, -0.1) is 0 Å². The first-order chi connectivity index (χ1) is 16.5. The lowest BCUT2D eigenvalue weighted by molar-refractivity contribution is 0.164. The van der Waals surface area contributed by atoms with Gasteiger partial charge in [-0.3, -0.25) is 4.68 Å². The molecule has 2 N–H and O–H groups in total. The Labute approximate surface area is 198 Å². The van der Waals surface area contributed by atoms with Crippen LogP contribution < -0.4 is 15.4 Å². The third kappa shape index (κ3) is 4.26. The number of ether oxygens (including phenoxy) is 2. The molecule has 1 aromatic carbocycles. The van der Waals surface area contributed by atoms with Gasteiger partial charge >= 0.3 is 0 Å². The molecule has 1 saturated heterocycles. The number of anilines is 3. The Morgan fingerprint density at radius 2 is 2.09 bits per heavy atom. The first-order valence-electron chi connectivity index (χ1n) is 11.3. The van der Waals surface area contributed by atoms with Crippen molar-refractivity contribution in [1.82, 2.24) is 24.7 Å². The van der Waals surface area contributed by atoms with E-state index in [2.05, 4.69) is 32.6 Å². The lowest BCUT2D eigenvalue weighted by Crippen LogP contribution is -2.27. The lowest BCUT2D eigenvalue weighted by Gasteiger charge is -2.22. The van der Waals surface area contributed by atoms with Gasteiger partial charge < -0.3 is 20.1 Å². The summed E-state index contributed by atoms with van der Waals surface area (Å²) in [5, 5.41) is 12.0. The van der Waals surface area contributed by atoms with Crippen molar-refractivity contribution in [3.05, 3.63) is 48.5 Å². The van der Waals surface area contributed by atoms with E-state index < -0.39 is 0 Å². The smallest absolute Gasteiger partial charge is 0.227 e. The molecular weight excluding hydrogens is 430 g/mol. The number of rotatable bonds is 7. The van der Waals surface area contributed by atoms with E-state index in [1.807, 2.05) is 49.1 Å². The van der Waals surface area contributed by atoms with Crippen molar-refractivity contribution in [2.24, 2.45) is 12.5 Å². The van der Waals surface area contributed by atoms with Gasteiger partial charge in [0.05, 0.1) is 25.6 Å². The van der Waals surface area contributed by atoms with Gasteiger partial charge in [-0.1, -0.05) is 13.0 Å². The summed E-state index contributed by atoms with van der Waals surface area (Å²) in [6.07, 6.45) is 6.47. The Morgan fingerprint density at radius 3 is 2.82 bits per heavy atom. The van der Waals surface area contributed by atoms with Gasteiger partial charge in [0.1, 0.15) is 11.3 Å². The number of pyridine rings is 1. The zero-order valence-electron chi connectivity index (χ0n) is 19.9. The SMILES string of the molecule is COc1cc(-c2cnn(C)c2C)ccc1Nc1ncc2ccnc(NC[C@]3(C)CCOC3)c2n1. The van der Waals surface area contributed by atoms with Crippen LogP contribution in [0.5, 0.6) is 5.75 Å². The molecule has 0 amide bonds. The second-order valence-corrected chi connectivity index (χ2v) is 9.07. The minimum atomic E-state index is 0.0969. The van der Waals surface area contributed by atoms with Crippen molar-refractivity contribution >= 4 is 28.4 Å². The largest absolute Gasteiger partial charge is 0.495 e. The monoisotopic (exact) mass is 459 g/mol. The van der Waals surface area contributed by atoms with Crippen LogP contribution in [0.25, 0.3) is 22.0 Å². The van der Waals surface area contributed by atoms with Crippen LogP contribution >= 0.6 is 0 Å². The maximum absolute atomic E-state index is 5.66. The minimum absolute atomic E-state index is 0.0969. The number of nitrogens with zero attached hydrogens (tertiary/aromatic N) is 5. The standard InChI is InChI=1S/C25H29N7O2/c1-16-19(13-29-32(16)3)17-5-6-20(21(11-17)33-4)30-24-27-12-18-7-9-26-23(22(18)31-24)28-14-25(2)8-10-34-15-25/h5-7,9,11-13H,8,10,14-15H2,1-4H3,(H,26,28)(H,27,30,31)/t25-/m0/s1. The molecule has 0 unspecified atom stereocenters. The maximum Gasteiger partial charge on any atom is 0.227 e. The fraction of sp³-hybridized carbons (Fsp3) is 0.360. The zero-order chi connectivity index (χ0) is 23.7. The highest BCUT2D eigenvalue weighted by molar-refractivity contribution is 5.88. The molecule has 4 aromatic rings. The topological polar surface area (TPSA) is 99.0 Å². The average Bonchev–Trinajstić information content (AvgIpc) is 3.43. The third-order valence-electron chi connectivity index (χ3n) is 6.48. The van der Waals surface area contributed by atoms with Gasteiger partial charge in [0.25, 0.3) is 0 Å². The summed E-state index contributed by atoms with van der Waals surface area (Å²) in [4.78, 5) is 13.8. The number of aromatic nitrogens is 5. The third-order valence-corrected chi connectivity index (χ3v) is 6.48. The average molecular weight is 460 g/mol. The van der Waals surface area contributed by atoms with Gasteiger partial charge in [-0.05, 0) is 37.1 Å². The first-order valence-corrected chi connectivity index (χ1v) is 11.3. The molecule has 0 radical (unpaired) electrons. The highest BCUT2D eigenvalue weighted by Gasteiger charge is 2.29. The highest BCUT2D eigenvalue weighted by Crippen LogP contribution is 2.34. The minimum Gasteiger partial charge on any atom is -0.495 e. The maximum atomic E-state index is 5.66. The summed E-state index contributed by atoms with van der Waals surface area (Å²) in [6, 6.07) is 7.91. The van der Waals surface area contributed by atoms with Crippen molar-refractivity contribution in [3.63, 3.8) is 0 Å². The summed E-state index contributed by atoms with van der Waals surface area (Å²) in [5.41, 5.74) is 4.83. The zero-order valence-corrected chi connectivity index (χ0v) is 19.9. The van der Waals surface area contributed by atoms with Crippen molar-refractivity contribution in [3.8, 4) is 16.9 Å².